The summed E-state index contributed by atoms with van der Waals surface area (Å²) in [4.78, 5) is 52.7. The molecule has 0 spiro atoms. The van der Waals surface area contributed by atoms with Crippen molar-refractivity contribution in [3.8, 4) is 5.75 Å². The summed E-state index contributed by atoms with van der Waals surface area (Å²) in [6, 6.07) is 12.7. The lowest BCUT2D eigenvalue weighted by atomic mass is 9.85. The summed E-state index contributed by atoms with van der Waals surface area (Å²) >= 11 is 6.21. The average molecular weight is 453 g/mol. The van der Waals surface area contributed by atoms with Gasteiger partial charge in [-0.25, -0.2) is 5.01 Å². The smallest absolute Gasteiger partial charge is 0.274 e. The number of hydrogen-bond donors (Lipinski definition) is 0. The third-order valence-corrected chi connectivity index (χ3v) is 6.10. The molecule has 3 amide bonds. The molecule has 0 aromatic heterocycles. The zero-order valence-corrected chi connectivity index (χ0v) is 18.1. The Kier molecular flexibility index (Phi) is 6.10. The minimum Gasteiger partial charge on any atom is -0.497 e. The standard InChI is InChI=1S/C24H21ClN2O5/c1-32-16-12-10-15(11-13-16)21(28)14-26(22(29)19-8-4-5-9-20(19)25)27-23(30)17-6-2-3-7-18(17)24(27)31/h2-5,8-13,17-18H,6-7,14H2,1H3/t17-,18-/m1/s1. The van der Waals surface area contributed by atoms with Crippen molar-refractivity contribution in [2.75, 3.05) is 13.7 Å². The fourth-order valence-corrected chi connectivity index (χ4v) is 4.25. The first-order valence-corrected chi connectivity index (χ1v) is 10.6. The van der Waals surface area contributed by atoms with E-state index < -0.39 is 41.9 Å². The number of hydrazine groups is 1. The van der Waals surface area contributed by atoms with Crippen LogP contribution in [0.15, 0.2) is 60.7 Å². The van der Waals surface area contributed by atoms with Gasteiger partial charge in [0, 0.05) is 5.56 Å². The van der Waals surface area contributed by atoms with E-state index in [-0.39, 0.29) is 10.6 Å². The molecule has 4 rings (SSSR count). The van der Waals surface area contributed by atoms with Crippen molar-refractivity contribution in [1.29, 1.82) is 0 Å². The molecule has 1 aliphatic carbocycles. The van der Waals surface area contributed by atoms with Crippen LogP contribution in [0.4, 0.5) is 0 Å². The van der Waals surface area contributed by atoms with Crippen LogP contribution in [0.3, 0.4) is 0 Å². The second-order valence-electron chi connectivity index (χ2n) is 7.64. The van der Waals surface area contributed by atoms with Gasteiger partial charge in [-0.2, -0.15) is 5.01 Å². The van der Waals surface area contributed by atoms with Gasteiger partial charge in [0.25, 0.3) is 17.7 Å². The Hall–Kier alpha value is -3.45. The van der Waals surface area contributed by atoms with Crippen molar-refractivity contribution < 1.29 is 23.9 Å². The third-order valence-electron chi connectivity index (χ3n) is 5.77. The van der Waals surface area contributed by atoms with Crippen LogP contribution in [0.1, 0.15) is 33.6 Å². The minimum absolute atomic E-state index is 0.102. The zero-order chi connectivity index (χ0) is 22.8. The first kappa shape index (κ1) is 21.8. The maximum absolute atomic E-state index is 13.4. The molecule has 1 heterocycles. The highest BCUT2D eigenvalue weighted by Crippen LogP contribution is 2.36. The molecule has 0 saturated carbocycles. The highest BCUT2D eigenvalue weighted by atomic mass is 35.5. The normalized spacial score (nSPS) is 19.6. The molecule has 2 aliphatic rings. The Morgan fingerprint density at radius 1 is 1.00 bits per heavy atom. The Morgan fingerprint density at radius 3 is 2.16 bits per heavy atom. The summed E-state index contributed by atoms with van der Waals surface area (Å²) in [6.45, 7) is -0.485. The van der Waals surface area contributed by atoms with E-state index in [2.05, 4.69) is 0 Å². The Balaban J connectivity index is 1.69. The number of methoxy groups -OCH3 is 1. The number of rotatable bonds is 6. The lowest BCUT2D eigenvalue weighted by Gasteiger charge is -2.30. The second-order valence-corrected chi connectivity index (χ2v) is 8.05. The van der Waals surface area contributed by atoms with E-state index in [4.69, 9.17) is 16.3 Å². The molecular weight excluding hydrogens is 432 g/mol. The van der Waals surface area contributed by atoms with Crippen LogP contribution >= 0.6 is 11.6 Å². The number of carbonyl (C=O) groups excluding carboxylic acids is 4. The Morgan fingerprint density at radius 2 is 1.59 bits per heavy atom. The van der Waals surface area contributed by atoms with Crippen LogP contribution in [0, 0.1) is 11.8 Å². The number of amides is 3. The summed E-state index contributed by atoms with van der Waals surface area (Å²) in [6.07, 6.45) is 4.57. The number of imide groups is 1. The summed E-state index contributed by atoms with van der Waals surface area (Å²) in [5, 5.41) is 1.93. The van der Waals surface area contributed by atoms with Gasteiger partial charge in [-0.15, -0.1) is 0 Å². The number of hydrogen-bond acceptors (Lipinski definition) is 5. The minimum atomic E-state index is -0.689. The topological polar surface area (TPSA) is 84.0 Å². The summed E-state index contributed by atoms with van der Waals surface area (Å²) < 4.78 is 5.11. The SMILES string of the molecule is COc1ccc(C(=O)CN(C(=O)c2ccccc2Cl)N2C(=O)[C@@H]3CC=CC[C@H]3C2=O)cc1. The molecule has 32 heavy (non-hydrogen) atoms. The number of benzene rings is 2. The maximum Gasteiger partial charge on any atom is 0.274 e. The molecule has 7 nitrogen and oxygen atoms in total. The number of ketones is 1. The van der Waals surface area contributed by atoms with E-state index in [1.54, 1.807) is 36.4 Å². The first-order valence-electron chi connectivity index (χ1n) is 10.2. The Bertz CT molecular complexity index is 1090. The number of allylic oxidation sites excluding steroid dienone is 2. The lowest BCUT2D eigenvalue weighted by Crippen LogP contribution is -2.52. The van der Waals surface area contributed by atoms with Crippen molar-refractivity contribution in [2.24, 2.45) is 11.8 Å². The maximum atomic E-state index is 13.4. The molecule has 0 N–H and O–H groups in total. The van der Waals surface area contributed by atoms with E-state index >= 15 is 0 Å². The van der Waals surface area contributed by atoms with Crippen LogP contribution in [-0.2, 0) is 9.59 Å². The average Bonchev–Trinajstić information content (AvgIpc) is 3.07. The number of nitrogens with zero attached hydrogens (tertiary/aromatic N) is 2. The summed E-state index contributed by atoms with van der Waals surface area (Å²) in [5.41, 5.74) is 0.422. The van der Waals surface area contributed by atoms with Gasteiger partial charge in [-0.3, -0.25) is 19.2 Å². The fraction of sp³-hybridized carbons (Fsp3) is 0.250. The molecule has 0 bridgehead atoms. The molecule has 1 fully saturated rings. The van der Waals surface area contributed by atoms with Crippen LogP contribution in [0.2, 0.25) is 5.02 Å². The van der Waals surface area contributed by atoms with Crippen LogP contribution in [0.5, 0.6) is 5.75 Å². The monoisotopic (exact) mass is 452 g/mol. The fourth-order valence-electron chi connectivity index (χ4n) is 4.03. The van der Waals surface area contributed by atoms with Gasteiger partial charge in [0.05, 0.1) is 29.5 Å². The van der Waals surface area contributed by atoms with E-state index in [0.29, 0.717) is 24.2 Å². The van der Waals surface area contributed by atoms with Crippen molar-refractivity contribution in [1.82, 2.24) is 10.0 Å². The van der Waals surface area contributed by atoms with Crippen LogP contribution in [-0.4, -0.2) is 47.2 Å². The number of fused-ring (bicyclic) bond motifs is 1. The van der Waals surface area contributed by atoms with Crippen LogP contribution in [0.25, 0.3) is 0 Å². The van der Waals surface area contributed by atoms with Gasteiger partial charge in [-0.05, 0) is 49.2 Å². The lowest BCUT2D eigenvalue weighted by molar-refractivity contribution is -0.154. The van der Waals surface area contributed by atoms with E-state index in [1.165, 1.54) is 19.2 Å². The van der Waals surface area contributed by atoms with Crippen molar-refractivity contribution in [2.45, 2.75) is 12.8 Å². The van der Waals surface area contributed by atoms with Gasteiger partial charge in [-0.1, -0.05) is 35.9 Å². The van der Waals surface area contributed by atoms with Gasteiger partial charge in [0.1, 0.15) is 12.3 Å². The van der Waals surface area contributed by atoms with Gasteiger partial charge < -0.3 is 4.74 Å². The summed E-state index contributed by atoms with van der Waals surface area (Å²) in [5.74, 6) is -2.57. The molecule has 8 heteroatoms. The molecule has 0 radical (unpaired) electrons. The predicted octanol–water partition coefficient (Wildman–Crippen LogP) is 3.54. The van der Waals surface area contributed by atoms with Gasteiger partial charge in [0.15, 0.2) is 5.78 Å². The molecule has 2 aromatic rings. The zero-order valence-electron chi connectivity index (χ0n) is 17.4. The van der Waals surface area contributed by atoms with Crippen molar-refractivity contribution in [3.63, 3.8) is 0 Å². The molecule has 2 aromatic carbocycles. The quantitative estimate of drug-likeness (QED) is 0.380. The van der Waals surface area contributed by atoms with Crippen molar-refractivity contribution >= 4 is 35.1 Å². The Labute approximate surface area is 190 Å². The predicted molar refractivity (Wildman–Crippen MR) is 117 cm³/mol. The van der Waals surface area contributed by atoms with E-state index in [9.17, 15) is 19.2 Å². The van der Waals surface area contributed by atoms with E-state index in [1.807, 2.05) is 12.2 Å². The largest absolute Gasteiger partial charge is 0.497 e. The molecule has 2 atom stereocenters. The van der Waals surface area contributed by atoms with Gasteiger partial charge in [0.2, 0.25) is 0 Å². The van der Waals surface area contributed by atoms with E-state index in [0.717, 1.165) is 10.0 Å². The molecule has 0 unspecified atom stereocenters. The third kappa shape index (κ3) is 3.91. The second kappa shape index (κ2) is 8.96. The molecule has 164 valence electrons. The molecule has 1 saturated heterocycles. The number of halogens is 1. The highest BCUT2D eigenvalue weighted by Gasteiger charge is 2.51. The molecule has 1 aliphatic heterocycles. The molecular formula is C24H21ClN2O5. The van der Waals surface area contributed by atoms with Crippen LogP contribution < -0.4 is 4.74 Å². The van der Waals surface area contributed by atoms with Crippen molar-refractivity contribution in [3.05, 3.63) is 76.8 Å². The first-order chi connectivity index (χ1) is 15.4. The number of ether oxygens (including phenoxy) is 1. The number of Topliss-reactive ketones (excluding diaryl/α,β-unsaturated/α-hetero) is 1. The van der Waals surface area contributed by atoms with Gasteiger partial charge >= 0.3 is 0 Å². The number of carbonyl (C=O) groups is 4. The highest BCUT2D eigenvalue weighted by molar-refractivity contribution is 6.34. The summed E-state index contributed by atoms with van der Waals surface area (Å²) in [7, 11) is 1.51.